The van der Waals surface area contributed by atoms with Gasteiger partial charge in [-0.15, -0.1) is 0 Å². The summed E-state index contributed by atoms with van der Waals surface area (Å²) in [4.78, 5) is 14.2. The Morgan fingerprint density at radius 3 is 2.80 bits per heavy atom. The highest BCUT2D eigenvalue weighted by molar-refractivity contribution is 6.31. The largest absolute Gasteiger partial charge is 0.436 e. The fourth-order valence-corrected chi connectivity index (χ4v) is 1.97. The number of hydrogen-bond acceptors (Lipinski definition) is 4. The standard InChI is InChI=1S/C13H6ClFN2O3/c14-7-1-4-12-11(5-7)16-13(20-12)9-6-8(17(18)19)2-3-10(9)15/h1-6H. The molecule has 2 aromatic carbocycles. The molecule has 5 nitrogen and oxygen atoms in total. The molecule has 7 heteroatoms. The summed E-state index contributed by atoms with van der Waals surface area (Å²) in [5.74, 6) is -0.670. The summed E-state index contributed by atoms with van der Waals surface area (Å²) >= 11 is 5.83. The Balaban J connectivity index is 2.19. The zero-order valence-corrected chi connectivity index (χ0v) is 10.6. The third-order valence-electron chi connectivity index (χ3n) is 2.74. The van der Waals surface area contributed by atoms with Gasteiger partial charge in [0.1, 0.15) is 11.3 Å². The lowest BCUT2D eigenvalue weighted by Gasteiger charge is -1.97. The highest BCUT2D eigenvalue weighted by Crippen LogP contribution is 2.30. The quantitative estimate of drug-likeness (QED) is 0.524. The molecule has 0 atom stereocenters. The van der Waals surface area contributed by atoms with Crippen LogP contribution in [0.5, 0.6) is 0 Å². The Kier molecular flexibility index (Phi) is 2.87. The molecule has 0 unspecified atom stereocenters. The second kappa shape index (κ2) is 4.57. The summed E-state index contributed by atoms with van der Waals surface area (Å²) in [6.45, 7) is 0. The zero-order chi connectivity index (χ0) is 14.3. The molecule has 1 heterocycles. The molecule has 0 saturated heterocycles. The van der Waals surface area contributed by atoms with Gasteiger partial charge in [0, 0.05) is 17.2 Å². The summed E-state index contributed by atoms with van der Waals surface area (Å²) in [7, 11) is 0. The number of non-ortho nitro benzene ring substituents is 1. The van der Waals surface area contributed by atoms with E-state index < -0.39 is 10.7 Å². The maximum Gasteiger partial charge on any atom is 0.270 e. The van der Waals surface area contributed by atoms with Gasteiger partial charge in [0.15, 0.2) is 5.58 Å². The van der Waals surface area contributed by atoms with Gasteiger partial charge in [0.2, 0.25) is 5.89 Å². The highest BCUT2D eigenvalue weighted by atomic mass is 35.5. The third-order valence-corrected chi connectivity index (χ3v) is 2.98. The van der Waals surface area contributed by atoms with Crippen molar-refractivity contribution >= 4 is 28.4 Å². The SMILES string of the molecule is O=[N+]([O-])c1ccc(F)c(-c2nc3cc(Cl)ccc3o2)c1. The van der Waals surface area contributed by atoms with E-state index in [1.165, 1.54) is 0 Å². The summed E-state index contributed by atoms with van der Waals surface area (Å²) in [5.41, 5.74) is 0.585. The fraction of sp³-hybridized carbons (Fsp3) is 0. The first-order chi connectivity index (χ1) is 9.54. The van der Waals surface area contributed by atoms with E-state index in [1.807, 2.05) is 0 Å². The molecular weight excluding hydrogens is 287 g/mol. The Bertz CT molecular complexity index is 832. The average Bonchev–Trinajstić information content (AvgIpc) is 2.81. The fourth-order valence-electron chi connectivity index (χ4n) is 1.81. The number of fused-ring (bicyclic) bond motifs is 1. The summed E-state index contributed by atoms with van der Waals surface area (Å²) in [6, 6.07) is 7.96. The number of halogens is 2. The van der Waals surface area contributed by atoms with Crippen LogP contribution in [-0.2, 0) is 0 Å². The second-order valence-electron chi connectivity index (χ2n) is 4.05. The van der Waals surface area contributed by atoms with Crippen LogP contribution in [0.2, 0.25) is 5.02 Å². The van der Waals surface area contributed by atoms with E-state index in [2.05, 4.69) is 4.98 Å². The first kappa shape index (κ1) is 12.6. The average molecular weight is 293 g/mol. The van der Waals surface area contributed by atoms with Crippen molar-refractivity contribution in [2.24, 2.45) is 0 Å². The molecular formula is C13H6ClFN2O3. The molecule has 0 bridgehead atoms. The third kappa shape index (κ3) is 2.10. The number of nitro benzene ring substituents is 1. The molecule has 0 aliphatic heterocycles. The normalized spacial score (nSPS) is 10.9. The smallest absolute Gasteiger partial charge is 0.270 e. The maximum absolute atomic E-state index is 13.8. The van der Waals surface area contributed by atoms with Crippen molar-refractivity contribution in [2.45, 2.75) is 0 Å². The Morgan fingerprint density at radius 1 is 1.25 bits per heavy atom. The lowest BCUT2D eigenvalue weighted by atomic mass is 10.2. The maximum atomic E-state index is 13.8. The van der Waals surface area contributed by atoms with Crippen LogP contribution in [-0.4, -0.2) is 9.91 Å². The summed E-state index contributed by atoms with van der Waals surface area (Å²) < 4.78 is 19.2. The van der Waals surface area contributed by atoms with Gasteiger partial charge in [0.05, 0.1) is 10.5 Å². The van der Waals surface area contributed by atoms with Crippen molar-refractivity contribution in [3.63, 3.8) is 0 Å². The molecule has 0 N–H and O–H groups in total. The van der Waals surface area contributed by atoms with E-state index in [9.17, 15) is 14.5 Å². The minimum absolute atomic E-state index is 0.0246. The monoisotopic (exact) mass is 292 g/mol. The molecule has 100 valence electrons. The minimum Gasteiger partial charge on any atom is -0.436 e. The molecule has 0 fully saturated rings. The van der Waals surface area contributed by atoms with Crippen molar-refractivity contribution < 1.29 is 13.7 Å². The van der Waals surface area contributed by atoms with Crippen LogP contribution < -0.4 is 0 Å². The van der Waals surface area contributed by atoms with Gasteiger partial charge in [-0.05, 0) is 24.3 Å². The highest BCUT2D eigenvalue weighted by Gasteiger charge is 2.17. The Hall–Kier alpha value is -2.47. The van der Waals surface area contributed by atoms with Gasteiger partial charge in [-0.3, -0.25) is 10.1 Å². The molecule has 0 aliphatic rings. The van der Waals surface area contributed by atoms with Crippen molar-refractivity contribution in [3.05, 3.63) is 57.4 Å². The van der Waals surface area contributed by atoms with Crippen LogP contribution in [0.25, 0.3) is 22.6 Å². The van der Waals surface area contributed by atoms with Crippen LogP contribution in [0.3, 0.4) is 0 Å². The molecule has 0 saturated carbocycles. The number of oxazole rings is 1. The lowest BCUT2D eigenvalue weighted by molar-refractivity contribution is -0.384. The minimum atomic E-state index is -0.645. The van der Waals surface area contributed by atoms with E-state index >= 15 is 0 Å². The molecule has 0 spiro atoms. The van der Waals surface area contributed by atoms with Crippen molar-refractivity contribution in [2.75, 3.05) is 0 Å². The van der Waals surface area contributed by atoms with Crippen LogP contribution in [0.15, 0.2) is 40.8 Å². The van der Waals surface area contributed by atoms with Gasteiger partial charge < -0.3 is 4.42 Å². The van der Waals surface area contributed by atoms with Crippen LogP contribution in [0.1, 0.15) is 0 Å². The number of benzene rings is 2. The van der Waals surface area contributed by atoms with Crippen molar-refractivity contribution in [1.82, 2.24) is 4.98 Å². The first-order valence-electron chi connectivity index (χ1n) is 5.55. The van der Waals surface area contributed by atoms with E-state index in [-0.39, 0.29) is 17.1 Å². The van der Waals surface area contributed by atoms with Gasteiger partial charge >= 0.3 is 0 Å². The zero-order valence-electron chi connectivity index (χ0n) is 9.84. The van der Waals surface area contributed by atoms with E-state index in [1.54, 1.807) is 18.2 Å². The van der Waals surface area contributed by atoms with E-state index in [4.69, 9.17) is 16.0 Å². The molecule has 3 rings (SSSR count). The molecule has 1 aromatic heterocycles. The van der Waals surface area contributed by atoms with Gasteiger partial charge in [0.25, 0.3) is 5.69 Å². The van der Waals surface area contributed by atoms with E-state index in [0.29, 0.717) is 16.1 Å². The molecule has 0 radical (unpaired) electrons. The van der Waals surface area contributed by atoms with Crippen LogP contribution in [0, 0.1) is 15.9 Å². The van der Waals surface area contributed by atoms with Crippen LogP contribution in [0.4, 0.5) is 10.1 Å². The lowest BCUT2D eigenvalue weighted by Crippen LogP contribution is -1.91. The van der Waals surface area contributed by atoms with Gasteiger partial charge in [-0.1, -0.05) is 11.6 Å². The van der Waals surface area contributed by atoms with Gasteiger partial charge in [-0.25, -0.2) is 9.37 Å². The number of hydrogen-bond donors (Lipinski definition) is 0. The number of rotatable bonds is 2. The number of nitrogens with zero attached hydrogens (tertiary/aromatic N) is 2. The van der Waals surface area contributed by atoms with E-state index in [0.717, 1.165) is 18.2 Å². The second-order valence-corrected chi connectivity index (χ2v) is 4.49. The van der Waals surface area contributed by atoms with Crippen LogP contribution >= 0.6 is 11.6 Å². The summed E-state index contributed by atoms with van der Waals surface area (Å²) in [6.07, 6.45) is 0. The topological polar surface area (TPSA) is 69.2 Å². The number of nitro groups is 1. The van der Waals surface area contributed by atoms with Crippen molar-refractivity contribution in [1.29, 1.82) is 0 Å². The first-order valence-corrected chi connectivity index (χ1v) is 5.93. The molecule has 0 aliphatic carbocycles. The predicted molar refractivity (Wildman–Crippen MR) is 71.1 cm³/mol. The van der Waals surface area contributed by atoms with Gasteiger partial charge in [-0.2, -0.15) is 0 Å². The Morgan fingerprint density at radius 2 is 2.05 bits per heavy atom. The molecule has 3 aromatic rings. The molecule has 20 heavy (non-hydrogen) atoms. The Labute approximate surface area is 116 Å². The molecule has 0 amide bonds. The van der Waals surface area contributed by atoms with Crippen molar-refractivity contribution in [3.8, 4) is 11.5 Å². The summed E-state index contributed by atoms with van der Waals surface area (Å²) in [5, 5.41) is 11.2. The predicted octanol–water partition coefficient (Wildman–Crippen LogP) is 4.20. The number of aromatic nitrogens is 1.